The van der Waals surface area contributed by atoms with Gasteiger partial charge in [-0.05, 0) is 31.2 Å². The van der Waals surface area contributed by atoms with E-state index in [1.54, 1.807) is 12.3 Å². The number of aryl methyl sites for hydroxylation is 1. The second-order valence-electron chi connectivity index (χ2n) is 4.34. The molecule has 1 unspecified atom stereocenters. The summed E-state index contributed by atoms with van der Waals surface area (Å²) in [6.45, 7) is 4.46. The van der Waals surface area contributed by atoms with E-state index in [0.29, 0.717) is 12.2 Å². The van der Waals surface area contributed by atoms with E-state index in [1.807, 2.05) is 26.0 Å². The van der Waals surface area contributed by atoms with Crippen LogP contribution in [0.15, 0.2) is 36.5 Å². The van der Waals surface area contributed by atoms with E-state index in [4.69, 9.17) is 0 Å². The van der Waals surface area contributed by atoms with Crippen molar-refractivity contribution in [3.8, 4) is 0 Å². The second kappa shape index (κ2) is 5.89. The summed E-state index contributed by atoms with van der Waals surface area (Å²) in [5.41, 5.74) is 1.94. The first-order chi connectivity index (χ1) is 9.15. The predicted molar refractivity (Wildman–Crippen MR) is 70.9 cm³/mol. The van der Waals surface area contributed by atoms with Gasteiger partial charge in [-0.15, -0.1) is 0 Å². The molecule has 2 aromatic rings. The van der Waals surface area contributed by atoms with Gasteiger partial charge in [0.05, 0.1) is 11.7 Å². The van der Waals surface area contributed by atoms with E-state index in [1.165, 1.54) is 6.07 Å². The summed E-state index contributed by atoms with van der Waals surface area (Å²) < 4.78 is 27.3. The molecule has 1 N–H and O–H groups in total. The van der Waals surface area contributed by atoms with Gasteiger partial charge in [-0.3, -0.25) is 4.98 Å². The molecule has 0 fully saturated rings. The number of nitrogens with one attached hydrogen (secondary N) is 1. The summed E-state index contributed by atoms with van der Waals surface area (Å²) in [5, 5.41) is 3.15. The zero-order valence-corrected chi connectivity index (χ0v) is 11.0. The number of hydrogen-bond donors (Lipinski definition) is 1. The molecule has 0 aliphatic heterocycles. The van der Waals surface area contributed by atoms with Crippen molar-refractivity contribution in [2.45, 2.75) is 19.9 Å². The Bertz CT molecular complexity index is 570. The number of aromatic nitrogens is 1. The van der Waals surface area contributed by atoms with Crippen LogP contribution in [0.1, 0.15) is 29.8 Å². The molecule has 0 aliphatic carbocycles. The first-order valence-electron chi connectivity index (χ1n) is 6.24. The van der Waals surface area contributed by atoms with Crippen molar-refractivity contribution in [3.63, 3.8) is 0 Å². The Morgan fingerprint density at radius 1 is 1.21 bits per heavy atom. The third kappa shape index (κ3) is 2.79. The fourth-order valence-electron chi connectivity index (χ4n) is 2.10. The standard InChI is InChI=1S/C15H16F2N2/c1-3-18-15(14-10(2)6-5-9-19-14)11-7-4-8-12(16)13(11)17/h4-9,15,18H,3H2,1-2H3. The van der Waals surface area contributed by atoms with Crippen molar-refractivity contribution < 1.29 is 8.78 Å². The molecule has 1 aromatic carbocycles. The fourth-order valence-corrected chi connectivity index (χ4v) is 2.10. The Morgan fingerprint density at radius 2 is 2.00 bits per heavy atom. The molecule has 0 aliphatic rings. The third-order valence-electron chi connectivity index (χ3n) is 3.02. The van der Waals surface area contributed by atoms with Gasteiger partial charge in [-0.25, -0.2) is 8.78 Å². The number of hydrogen-bond acceptors (Lipinski definition) is 2. The molecule has 2 rings (SSSR count). The van der Waals surface area contributed by atoms with Gasteiger partial charge in [-0.1, -0.05) is 25.1 Å². The molecule has 1 heterocycles. The highest BCUT2D eigenvalue weighted by Crippen LogP contribution is 2.26. The van der Waals surface area contributed by atoms with Crippen LogP contribution in [-0.2, 0) is 0 Å². The highest BCUT2D eigenvalue weighted by atomic mass is 19.2. The van der Waals surface area contributed by atoms with Gasteiger partial charge < -0.3 is 5.32 Å². The average molecular weight is 262 g/mol. The maximum absolute atomic E-state index is 13.9. The van der Waals surface area contributed by atoms with E-state index in [9.17, 15) is 8.78 Å². The Hall–Kier alpha value is -1.81. The van der Waals surface area contributed by atoms with Crippen LogP contribution in [-0.4, -0.2) is 11.5 Å². The molecule has 4 heteroatoms. The first kappa shape index (κ1) is 13.6. The lowest BCUT2D eigenvalue weighted by Crippen LogP contribution is -2.25. The Labute approximate surface area is 111 Å². The van der Waals surface area contributed by atoms with E-state index in [-0.39, 0.29) is 5.56 Å². The lowest BCUT2D eigenvalue weighted by Gasteiger charge is -2.20. The third-order valence-corrected chi connectivity index (χ3v) is 3.02. The molecule has 0 radical (unpaired) electrons. The fraction of sp³-hybridized carbons (Fsp3) is 0.267. The molecule has 0 saturated carbocycles. The minimum atomic E-state index is -0.839. The van der Waals surface area contributed by atoms with Gasteiger partial charge >= 0.3 is 0 Å². The molecule has 0 amide bonds. The molecule has 0 bridgehead atoms. The Balaban J connectivity index is 2.52. The van der Waals surface area contributed by atoms with Gasteiger partial charge in [0.25, 0.3) is 0 Å². The zero-order chi connectivity index (χ0) is 13.8. The van der Waals surface area contributed by atoms with Gasteiger partial charge in [0.2, 0.25) is 0 Å². The van der Waals surface area contributed by atoms with Crippen LogP contribution in [0.5, 0.6) is 0 Å². The van der Waals surface area contributed by atoms with Crippen molar-refractivity contribution in [1.29, 1.82) is 0 Å². The van der Waals surface area contributed by atoms with Crippen molar-refractivity contribution in [2.75, 3.05) is 6.54 Å². The minimum absolute atomic E-state index is 0.281. The van der Waals surface area contributed by atoms with Gasteiger partial charge in [0, 0.05) is 11.8 Å². The minimum Gasteiger partial charge on any atom is -0.305 e. The summed E-state index contributed by atoms with van der Waals surface area (Å²) in [4.78, 5) is 4.29. The van der Waals surface area contributed by atoms with Gasteiger partial charge in [-0.2, -0.15) is 0 Å². The van der Waals surface area contributed by atoms with Crippen LogP contribution in [0.2, 0.25) is 0 Å². The summed E-state index contributed by atoms with van der Waals surface area (Å²) in [5.74, 6) is -1.66. The summed E-state index contributed by atoms with van der Waals surface area (Å²) in [6.07, 6.45) is 1.66. The van der Waals surface area contributed by atoms with Crippen molar-refractivity contribution >= 4 is 0 Å². The molecule has 1 aromatic heterocycles. The van der Waals surface area contributed by atoms with E-state index in [0.717, 1.165) is 11.6 Å². The van der Waals surface area contributed by atoms with Crippen LogP contribution in [0.3, 0.4) is 0 Å². The molecule has 100 valence electrons. The van der Waals surface area contributed by atoms with Crippen molar-refractivity contribution in [1.82, 2.24) is 10.3 Å². The normalized spacial score (nSPS) is 12.4. The van der Waals surface area contributed by atoms with E-state index in [2.05, 4.69) is 10.3 Å². The first-order valence-corrected chi connectivity index (χ1v) is 6.24. The zero-order valence-electron chi connectivity index (χ0n) is 11.0. The lowest BCUT2D eigenvalue weighted by atomic mass is 9.99. The predicted octanol–water partition coefficient (Wildman–Crippen LogP) is 3.37. The highest BCUT2D eigenvalue weighted by Gasteiger charge is 2.21. The van der Waals surface area contributed by atoms with Crippen LogP contribution in [0.4, 0.5) is 8.78 Å². The van der Waals surface area contributed by atoms with Crippen LogP contribution in [0, 0.1) is 18.6 Å². The van der Waals surface area contributed by atoms with Crippen molar-refractivity contribution in [2.24, 2.45) is 0 Å². The molecule has 0 saturated heterocycles. The number of pyridine rings is 1. The van der Waals surface area contributed by atoms with Crippen LogP contribution in [0.25, 0.3) is 0 Å². The van der Waals surface area contributed by atoms with Crippen LogP contribution >= 0.6 is 0 Å². The Morgan fingerprint density at radius 3 is 2.68 bits per heavy atom. The smallest absolute Gasteiger partial charge is 0.163 e. The topological polar surface area (TPSA) is 24.9 Å². The maximum Gasteiger partial charge on any atom is 0.163 e. The number of rotatable bonds is 4. The molecule has 0 spiro atoms. The molecule has 19 heavy (non-hydrogen) atoms. The lowest BCUT2D eigenvalue weighted by molar-refractivity contribution is 0.480. The monoisotopic (exact) mass is 262 g/mol. The average Bonchev–Trinajstić information content (AvgIpc) is 2.41. The summed E-state index contributed by atoms with van der Waals surface area (Å²) in [7, 11) is 0. The largest absolute Gasteiger partial charge is 0.305 e. The highest BCUT2D eigenvalue weighted by molar-refractivity contribution is 5.33. The van der Waals surface area contributed by atoms with E-state index < -0.39 is 17.7 Å². The number of halogens is 2. The van der Waals surface area contributed by atoms with Crippen molar-refractivity contribution in [3.05, 3.63) is 65.0 Å². The molecule has 2 nitrogen and oxygen atoms in total. The van der Waals surface area contributed by atoms with Crippen LogP contribution < -0.4 is 5.32 Å². The van der Waals surface area contributed by atoms with Gasteiger partial charge in [0.1, 0.15) is 0 Å². The quantitative estimate of drug-likeness (QED) is 0.913. The number of benzene rings is 1. The van der Waals surface area contributed by atoms with Gasteiger partial charge in [0.15, 0.2) is 11.6 Å². The molecular formula is C15H16F2N2. The Kier molecular flexibility index (Phi) is 4.22. The molecular weight excluding hydrogens is 246 g/mol. The number of nitrogens with zero attached hydrogens (tertiary/aromatic N) is 1. The second-order valence-corrected chi connectivity index (χ2v) is 4.34. The van der Waals surface area contributed by atoms with E-state index >= 15 is 0 Å². The summed E-state index contributed by atoms with van der Waals surface area (Å²) in [6, 6.07) is 7.50. The molecule has 1 atom stereocenters. The SMILES string of the molecule is CCNC(c1cccc(F)c1F)c1ncccc1C. The summed E-state index contributed by atoms with van der Waals surface area (Å²) >= 11 is 0. The maximum atomic E-state index is 13.9.